The number of hydrogen-bond donors (Lipinski definition) is 1. The predicted octanol–water partition coefficient (Wildman–Crippen LogP) is 2.75. The van der Waals surface area contributed by atoms with Gasteiger partial charge in [-0.15, -0.1) is 10.2 Å². The molecule has 0 aliphatic carbocycles. The average molecular weight is 388 g/mol. The molecular weight excluding hydrogens is 364 g/mol. The van der Waals surface area contributed by atoms with Gasteiger partial charge in [-0.1, -0.05) is 30.3 Å². The molecule has 1 N–H and O–H groups in total. The molecule has 1 aliphatic rings. The fourth-order valence-corrected chi connectivity index (χ4v) is 3.38. The van der Waals surface area contributed by atoms with Crippen LogP contribution in [0.2, 0.25) is 0 Å². The third-order valence-electron chi connectivity index (χ3n) is 5.15. The number of nitrogens with one attached hydrogen (secondary N) is 1. The van der Waals surface area contributed by atoms with Crippen LogP contribution in [0, 0.1) is 6.92 Å². The summed E-state index contributed by atoms with van der Waals surface area (Å²) in [5.41, 5.74) is 2.81. The molecule has 4 rings (SSSR count). The van der Waals surface area contributed by atoms with Crippen molar-refractivity contribution in [3.63, 3.8) is 0 Å². The van der Waals surface area contributed by atoms with E-state index in [4.69, 9.17) is 0 Å². The van der Waals surface area contributed by atoms with Gasteiger partial charge in [-0.25, -0.2) is 4.98 Å². The minimum atomic E-state index is -0.0800. The smallest absolute Gasteiger partial charge is 0.274 e. The van der Waals surface area contributed by atoms with Crippen molar-refractivity contribution < 1.29 is 4.79 Å². The van der Waals surface area contributed by atoms with Crippen molar-refractivity contribution in [2.45, 2.75) is 13.5 Å². The summed E-state index contributed by atoms with van der Waals surface area (Å²) in [5, 5.41) is 11.6. The number of carbonyl (C=O) groups excluding carboxylic acids is 1. The van der Waals surface area contributed by atoms with Gasteiger partial charge in [0.05, 0.1) is 0 Å². The number of aromatic nitrogens is 3. The number of aryl methyl sites for hydroxylation is 1. The second kappa shape index (κ2) is 8.68. The first-order valence-corrected chi connectivity index (χ1v) is 9.78. The molecule has 1 amide bonds. The zero-order valence-corrected chi connectivity index (χ0v) is 16.5. The summed E-state index contributed by atoms with van der Waals surface area (Å²) in [6, 6.07) is 17.6. The number of benzene rings is 1. The van der Waals surface area contributed by atoms with Crippen molar-refractivity contribution in [3.05, 3.63) is 77.6 Å². The molecular formula is C22H24N6O. The van der Waals surface area contributed by atoms with Crippen LogP contribution in [0.4, 0.5) is 11.6 Å². The topological polar surface area (TPSA) is 74.2 Å². The number of amides is 1. The Kier molecular flexibility index (Phi) is 5.65. The summed E-state index contributed by atoms with van der Waals surface area (Å²) in [4.78, 5) is 21.1. The van der Waals surface area contributed by atoms with Gasteiger partial charge in [0.1, 0.15) is 11.6 Å². The number of anilines is 2. The molecule has 1 aromatic carbocycles. The maximum atomic E-state index is 12.7. The van der Waals surface area contributed by atoms with Crippen molar-refractivity contribution in [2.75, 3.05) is 36.4 Å². The molecule has 1 aliphatic heterocycles. The largest absolute Gasteiger partial charge is 0.364 e. The van der Waals surface area contributed by atoms with Crippen LogP contribution in [0.15, 0.2) is 60.8 Å². The average Bonchev–Trinajstić information content (AvgIpc) is 2.79. The molecule has 0 bridgehead atoms. The number of nitrogens with zero attached hydrogens (tertiary/aromatic N) is 5. The van der Waals surface area contributed by atoms with Crippen LogP contribution in [0.3, 0.4) is 0 Å². The fraction of sp³-hybridized carbons (Fsp3) is 0.273. The Labute approximate surface area is 170 Å². The Morgan fingerprint density at radius 3 is 2.45 bits per heavy atom. The summed E-state index contributed by atoms with van der Waals surface area (Å²) >= 11 is 0. The SMILES string of the molecule is Cc1ccccc1CNc1ccc(C(=O)N2CCN(c3ccccn3)CC2)nn1. The van der Waals surface area contributed by atoms with Gasteiger partial charge in [-0.2, -0.15) is 0 Å². The quantitative estimate of drug-likeness (QED) is 0.724. The Bertz CT molecular complexity index is 953. The number of hydrogen-bond acceptors (Lipinski definition) is 6. The molecule has 148 valence electrons. The van der Waals surface area contributed by atoms with E-state index in [9.17, 15) is 4.79 Å². The lowest BCUT2D eigenvalue weighted by molar-refractivity contribution is 0.0739. The fourth-order valence-electron chi connectivity index (χ4n) is 3.38. The molecule has 0 radical (unpaired) electrons. The number of rotatable bonds is 5. The summed E-state index contributed by atoms with van der Waals surface area (Å²) in [6.45, 7) is 5.55. The van der Waals surface area contributed by atoms with E-state index in [0.29, 0.717) is 31.1 Å². The highest BCUT2D eigenvalue weighted by molar-refractivity contribution is 5.92. The van der Waals surface area contributed by atoms with E-state index in [1.165, 1.54) is 11.1 Å². The van der Waals surface area contributed by atoms with Gasteiger partial charge in [0.15, 0.2) is 5.69 Å². The van der Waals surface area contributed by atoms with Gasteiger partial charge >= 0.3 is 0 Å². The van der Waals surface area contributed by atoms with Gasteiger partial charge in [-0.05, 0) is 42.3 Å². The monoisotopic (exact) mass is 388 g/mol. The molecule has 0 unspecified atom stereocenters. The molecule has 29 heavy (non-hydrogen) atoms. The van der Waals surface area contributed by atoms with Gasteiger partial charge in [0.2, 0.25) is 0 Å². The third kappa shape index (κ3) is 4.51. The van der Waals surface area contributed by atoms with Gasteiger partial charge in [0, 0.05) is 38.9 Å². The van der Waals surface area contributed by atoms with Crippen molar-refractivity contribution in [2.24, 2.45) is 0 Å². The summed E-state index contributed by atoms with van der Waals surface area (Å²) in [7, 11) is 0. The van der Waals surface area contributed by atoms with Crippen molar-refractivity contribution in [1.29, 1.82) is 0 Å². The first-order chi connectivity index (χ1) is 14.2. The standard InChI is InChI=1S/C22H24N6O/c1-17-6-2-3-7-18(17)16-24-20-10-9-19(25-26-20)22(29)28-14-12-27(13-15-28)21-8-4-5-11-23-21/h2-11H,12-16H2,1H3,(H,24,26). The number of piperazine rings is 1. The van der Waals surface area contributed by atoms with Crippen LogP contribution in [0.25, 0.3) is 0 Å². The second-order valence-electron chi connectivity index (χ2n) is 7.05. The maximum absolute atomic E-state index is 12.7. The van der Waals surface area contributed by atoms with Crippen LogP contribution < -0.4 is 10.2 Å². The van der Waals surface area contributed by atoms with E-state index in [2.05, 4.69) is 44.5 Å². The Balaban J connectivity index is 1.32. The highest BCUT2D eigenvalue weighted by Crippen LogP contribution is 2.15. The van der Waals surface area contributed by atoms with E-state index in [-0.39, 0.29) is 5.91 Å². The summed E-state index contributed by atoms with van der Waals surface area (Å²) in [6.07, 6.45) is 1.79. The molecule has 3 heterocycles. The normalized spacial score (nSPS) is 14.0. The molecule has 1 saturated heterocycles. The Morgan fingerprint density at radius 1 is 0.966 bits per heavy atom. The Hall–Kier alpha value is -3.48. The van der Waals surface area contributed by atoms with E-state index < -0.39 is 0 Å². The van der Waals surface area contributed by atoms with E-state index >= 15 is 0 Å². The lowest BCUT2D eigenvalue weighted by Crippen LogP contribution is -2.49. The lowest BCUT2D eigenvalue weighted by atomic mass is 10.1. The van der Waals surface area contributed by atoms with E-state index in [1.54, 1.807) is 12.3 Å². The highest BCUT2D eigenvalue weighted by atomic mass is 16.2. The van der Waals surface area contributed by atoms with Crippen LogP contribution in [-0.4, -0.2) is 52.2 Å². The molecule has 0 spiro atoms. The van der Waals surface area contributed by atoms with Crippen LogP contribution >= 0.6 is 0 Å². The molecule has 0 saturated carbocycles. The molecule has 0 atom stereocenters. The first-order valence-electron chi connectivity index (χ1n) is 9.78. The number of pyridine rings is 1. The van der Waals surface area contributed by atoms with Crippen LogP contribution in [0.1, 0.15) is 21.6 Å². The third-order valence-corrected chi connectivity index (χ3v) is 5.15. The van der Waals surface area contributed by atoms with Crippen molar-refractivity contribution in [1.82, 2.24) is 20.1 Å². The molecule has 7 heteroatoms. The zero-order valence-electron chi connectivity index (χ0n) is 16.5. The van der Waals surface area contributed by atoms with Gasteiger partial charge in [-0.3, -0.25) is 4.79 Å². The van der Waals surface area contributed by atoms with Crippen LogP contribution in [-0.2, 0) is 6.54 Å². The molecule has 7 nitrogen and oxygen atoms in total. The summed E-state index contributed by atoms with van der Waals surface area (Å²) in [5.74, 6) is 1.52. The molecule has 2 aromatic heterocycles. The molecule has 1 fully saturated rings. The first kappa shape index (κ1) is 18.9. The minimum Gasteiger partial charge on any atom is -0.364 e. The molecule has 3 aromatic rings. The highest BCUT2D eigenvalue weighted by Gasteiger charge is 2.23. The van der Waals surface area contributed by atoms with Crippen molar-refractivity contribution in [3.8, 4) is 0 Å². The van der Waals surface area contributed by atoms with Gasteiger partial charge in [0.25, 0.3) is 5.91 Å². The minimum absolute atomic E-state index is 0.0800. The van der Waals surface area contributed by atoms with E-state index in [0.717, 1.165) is 18.9 Å². The summed E-state index contributed by atoms with van der Waals surface area (Å²) < 4.78 is 0. The van der Waals surface area contributed by atoms with Crippen LogP contribution in [0.5, 0.6) is 0 Å². The maximum Gasteiger partial charge on any atom is 0.274 e. The predicted molar refractivity (Wildman–Crippen MR) is 113 cm³/mol. The lowest BCUT2D eigenvalue weighted by Gasteiger charge is -2.35. The second-order valence-corrected chi connectivity index (χ2v) is 7.05. The Morgan fingerprint density at radius 2 is 1.76 bits per heavy atom. The number of carbonyl (C=O) groups is 1. The van der Waals surface area contributed by atoms with Gasteiger partial charge < -0.3 is 15.1 Å². The zero-order chi connectivity index (χ0) is 20.1. The van der Waals surface area contributed by atoms with Crippen molar-refractivity contribution >= 4 is 17.5 Å². The van der Waals surface area contributed by atoms with E-state index in [1.807, 2.05) is 41.3 Å².